The van der Waals surface area contributed by atoms with Crippen LogP contribution in [-0.4, -0.2) is 45.9 Å². The molecule has 1 atom stereocenters. The predicted molar refractivity (Wildman–Crippen MR) is 110 cm³/mol. The van der Waals surface area contributed by atoms with E-state index < -0.39 is 0 Å². The number of rotatable bonds is 4. The number of pyridine rings is 1. The number of nitrogens with one attached hydrogen (secondary N) is 2. The zero-order valence-electron chi connectivity index (χ0n) is 15.9. The van der Waals surface area contributed by atoms with Crippen LogP contribution < -0.4 is 23.0 Å². The standard InChI is InChI=1S/C20H21N5OS.ClH/c1-14-17(19(26)23-16-11-7-8-12-21-16)18(15-9-5-4-6-10-15)25(13-24(2)3)20(27)22-14;/h4-13,18H,1-3H3,(H-,21,22,23,26,27);1H. The molecule has 0 fully saturated rings. The summed E-state index contributed by atoms with van der Waals surface area (Å²) in [7, 11) is 3.84. The quantitative estimate of drug-likeness (QED) is 0.306. The lowest BCUT2D eigenvalue weighted by molar-refractivity contribution is -0.463. The molecule has 146 valence electrons. The second-order valence-electron chi connectivity index (χ2n) is 6.44. The summed E-state index contributed by atoms with van der Waals surface area (Å²) in [6.07, 6.45) is 3.53. The maximum atomic E-state index is 13.2. The minimum absolute atomic E-state index is 0. The van der Waals surface area contributed by atoms with Crippen molar-refractivity contribution in [2.24, 2.45) is 0 Å². The number of carbonyl (C=O) groups is 1. The topological polar surface area (TPSA) is 60.3 Å². The fourth-order valence-electron chi connectivity index (χ4n) is 3.00. The Morgan fingerprint density at radius 2 is 1.89 bits per heavy atom. The summed E-state index contributed by atoms with van der Waals surface area (Å²) in [5.74, 6) is 0.290. The van der Waals surface area contributed by atoms with Crippen LogP contribution in [0.15, 0.2) is 66.0 Å². The highest BCUT2D eigenvalue weighted by Crippen LogP contribution is 2.33. The molecule has 1 aromatic carbocycles. The maximum absolute atomic E-state index is 13.2. The smallest absolute Gasteiger partial charge is 0.267 e. The summed E-state index contributed by atoms with van der Waals surface area (Å²) in [5, 5.41) is 6.58. The van der Waals surface area contributed by atoms with E-state index in [9.17, 15) is 4.79 Å². The van der Waals surface area contributed by atoms with Gasteiger partial charge in [0, 0.05) is 17.5 Å². The molecule has 3 rings (SSSR count). The van der Waals surface area contributed by atoms with Crippen molar-refractivity contribution in [2.45, 2.75) is 13.0 Å². The number of anilines is 1. The van der Waals surface area contributed by atoms with Gasteiger partial charge in [-0.15, -0.1) is 0 Å². The van der Waals surface area contributed by atoms with Crippen LogP contribution in [-0.2, 0) is 4.79 Å². The molecule has 0 aliphatic carbocycles. The number of hydrogen-bond donors (Lipinski definition) is 2. The molecule has 0 saturated heterocycles. The molecule has 2 heterocycles. The van der Waals surface area contributed by atoms with E-state index in [4.69, 9.17) is 12.2 Å². The van der Waals surface area contributed by atoms with Crippen molar-refractivity contribution in [3.05, 3.63) is 71.6 Å². The average molecular weight is 416 g/mol. The average Bonchev–Trinajstić information content (AvgIpc) is 2.64. The van der Waals surface area contributed by atoms with Crippen LogP contribution >= 0.6 is 12.2 Å². The summed E-state index contributed by atoms with van der Waals surface area (Å²) >= 11 is 5.55. The summed E-state index contributed by atoms with van der Waals surface area (Å²) < 4.78 is 1.90. The maximum Gasteiger partial charge on any atom is 0.267 e. The van der Waals surface area contributed by atoms with Gasteiger partial charge in [0.1, 0.15) is 5.82 Å². The van der Waals surface area contributed by atoms with Gasteiger partial charge < -0.3 is 23.0 Å². The van der Waals surface area contributed by atoms with Crippen LogP contribution in [0.1, 0.15) is 18.5 Å². The zero-order chi connectivity index (χ0) is 19.4. The zero-order valence-corrected chi connectivity index (χ0v) is 17.5. The Hall–Kier alpha value is -2.77. The van der Waals surface area contributed by atoms with Crippen molar-refractivity contribution in [3.63, 3.8) is 0 Å². The number of thiocarbonyl (C=S) groups is 1. The first-order valence-electron chi connectivity index (χ1n) is 8.56. The van der Waals surface area contributed by atoms with E-state index in [1.165, 1.54) is 0 Å². The number of halogens is 1. The van der Waals surface area contributed by atoms with Gasteiger partial charge in [-0.2, -0.15) is 4.90 Å². The molecule has 8 heteroatoms. The third-order valence-electron chi connectivity index (χ3n) is 4.11. The number of hydrogen-bond acceptors (Lipinski definition) is 3. The Balaban J connectivity index is 0.00000280. The second-order valence-corrected chi connectivity index (χ2v) is 6.82. The molecule has 2 aromatic rings. The monoisotopic (exact) mass is 415 g/mol. The van der Waals surface area contributed by atoms with Crippen LogP contribution in [0.25, 0.3) is 0 Å². The van der Waals surface area contributed by atoms with Gasteiger partial charge in [0.15, 0.2) is 6.04 Å². The van der Waals surface area contributed by atoms with E-state index in [0.29, 0.717) is 16.5 Å². The fourth-order valence-corrected chi connectivity index (χ4v) is 3.30. The van der Waals surface area contributed by atoms with E-state index >= 15 is 0 Å². The lowest BCUT2D eigenvalue weighted by Gasteiger charge is -2.32. The number of amides is 1. The first-order valence-corrected chi connectivity index (χ1v) is 8.97. The Bertz CT molecular complexity index is 911. The Kier molecular flexibility index (Phi) is 7.25. The molecule has 28 heavy (non-hydrogen) atoms. The van der Waals surface area contributed by atoms with Crippen molar-refractivity contribution in [3.8, 4) is 0 Å². The second kappa shape index (κ2) is 9.43. The molecule has 1 unspecified atom stereocenters. The van der Waals surface area contributed by atoms with Gasteiger partial charge in [0.2, 0.25) is 6.34 Å². The van der Waals surface area contributed by atoms with E-state index in [1.54, 1.807) is 18.3 Å². The molecule has 0 bridgehead atoms. The number of aromatic nitrogens is 1. The largest absolute Gasteiger partial charge is 1.00 e. The van der Waals surface area contributed by atoms with Crippen LogP contribution in [0.4, 0.5) is 5.82 Å². The Morgan fingerprint density at radius 1 is 1.21 bits per heavy atom. The van der Waals surface area contributed by atoms with Gasteiger partial charge in [-0.1, -0.05) is 36.4 Å². The third kappa shape index (κ3) is 4.74. The molecule has 1 aromatic heterocycles. The lowest BCUT2D eigenvalue weighted by atomic mass is 9.93. The molecule has 0 spiro atoms. The molecule has 1 amide bonds. The van der Waals surface area contributed by atoms with Crippen molar-refractivity contribution in [1.29, 1.82) is 0 Å². The summed E-state index contributed by atoms with van der Waals surface area (Å²) in [6, 6.07) is 14.9. The van der Waals surface area contributed by atoms with Gasteiger partial charge in [-0.05, 0) is 31.3 Å². The van der Waals surface area contributed by atoms with Crippen molar-refractivity contribution < 1.29 is 21.8 Å². The molecule has 0 radical (unpaired) electrons. The number of nitrogens with zero attached hydrogens (tertiary/aromatic N) is 3. The third-order valence-corrected chi connectivity index (χ3v) is 4.42. The molecule has 6 nitrogen and oxygen atoms in total. The molecule has 1 aliphatic heterocycles. The molecular formula is C20H22ClN5OS. The van der Waals surface area contributed by atoms with Gasteiger partial charge >= 0.3 is 0 Å². The number of allylic oxidation sites excluding steroid dienone is 1. The van der Waals surface area contributed by atoms with E-state index in [1.807, 2.05) is 73.2 Å². The minimum atomic E-state index is -0.342. The van der Waals surface area contributed by atoms with Gasteiger partial charge in [0.25, 0.3) is 11.0 Å². The first-order chi connectivity index (χ1) is 13.0. The van der Waals surface area contributed by atoms with E-state index in [0.717, 1.165) is 11.3 Å². The normalized spacial score (nSPS) is 16.0. The molecule has 0 saturated carbocycles. The van der Waals surface area contributed by atoms with Crippen LogP contribution in [0.2, 0.25) is 0 Å². The lowest BCUT2D eigenvalue weighted by Crippen LogP contribution is -3.00. The SMILES string of the molecule is CC1=C(C(=O)Nc2ccccn2)C(c2ccccc2)N(C=[N+](C)C)C(=S)N1.[Cl-]. The van der Waals surface area contributed by atoms with E-state index in [2.05, 4.69) is 15.6 Å². The highest BCUT2D eigenvalue weighted by molar-refractivity contribution is 7.80. The highest BCUT2D eigenvalue weighted by atomic mass is 35.5. The Labute approximate surface area is 176 Å². The van der Waals surface area contributed by atoms with Crippen molar-refractivity contribution in [1.82, 2.24) is 15.2 Å². The Morgan fingerprint density at radius 3 is 2.50 bits per heavy atom. The van der Waals surface area contributed by atoms with Gasteiger partial charge in [0.05, 0.1) is 19.7 Å². The minimum Gasteiger partial charge on any atom is -1.00 e. The van der Waals surface area contributed by atoms with Crippen LogP contribution in [0.3, 0.4) is 0 Å². The number of carbonyl (C=O) groups excluding carboxylic acids is 1. The van der Waals surface area contributed by atoms with Crippen LogP contribution in [0, 0.1) is 0 Å². The molecule has 1 aliphatic rings. The summed E-state index contributed by atoms with van der Waals surface area (Å²) in [5.41, 5.74) is 2.30. The summed E-state index contributed by atoms with van der Waals surface area (Å²) in [6.45, 7) is 1.86. The van der Waals surface area contributed by atoms with Gasteiger partial charge in [-0.25, -0.2) is 4.98 Å². The van der Waals surface area contributed by atoms with Crippen molar-refractivity contribution >= 4 is 35.4 Å². The molecular weight excluding hydrogens is 394 g/mol. The van der Waals surface area contributed by atoms with Crippen LogP contribution in [0.5, 0.6) is 0 Å². The van der Waals surface area contributed by atoms with Crippen molar-refractivity contribution in [2.75, 3.05) is 19.4 Å². The van der Waals surface area contributed by atoms with Gasteiger partial charge in [-0.3, -0.25) is 9.37 Å². The highest BCUT2D eigenvalue weighted by Gasteiger charge is 2.40. The molecule has 2 N–H and O–H groups in total. The van der Waals surface area contributed by atoms with E-state index in [-0.39, 0.29) is 24.4 Å². The summed E-state index contributed by atoms with van der Waals surface area (Å²) in [4.78, 5) is 19.2. The first kappa shape index (κ1) is 21.5. The fraction of sp³-hybridized carbons (Fsp3) is 0.200. The predicted octanol–water partition coefficient (Wildman–Crippen LogP) is -0.470. The number of benzene rings is 1.